The van der Waals surface area contributed by atoms with E-state index >= 15 is 0 Å². The van der Waals surface area contributed by atoms with E-state index in [2.05, 4.69) is 24.9 Å². The highest BCUT2D eigenvalue weighted by Crippen LogP contribution is 2.54. The fourth-order valence-electron chi connectivity index (χ4n) is 5.62. The van der Waals surface area contributed by atoms with Gasteiger partial charge in [0, 0.05) is 24.1 Å². The van der Waals surface area contributed by atoms with E-state index in [1.54, 1.807) is 12.3 Å². The Bertz CT molecular complexity index is 896. The molecule has 2 aliphatic rings. The maximum atomic E-state index is 13.5. The van der Waals surface area contributed by atoms with Crippen LogP contribution in [0.15, 0.2) is 48.7 Å². The van der Waals surface area contributed by atoms with Crippen molar-refractivity contribution >= 4 is 6.08 Å². The maximum Gasteiger partial charge on any atom is 0.172 e. The smallest absolute Gasteiger partial charge is 0.172 e. The van der Waals surface area contributed by atoms with E-state index in [9.17, 15) is 9.50 Å². The largest absolute Gasteiger partial charge is 0.365 e. The lowest BCUT2D eigenvalue weighted by Gasteiger charge is -2.35. The highest BCUT2D eigenvalue weighted by molar-refractivity contribution is 5.63. The molecular formula is C27H34FNO2. The summed E-state index contributed by atoms with van der Waals surface area (Å²) in [5.74, 6) is 0.203. The van der Waals surface area contributed by atoms with Gasteiger partial charge in [-0.05, 0) is 60.4 Å². The Morgan fingerprint density at radius 2 is 2.10 bits per heavy atom. The summed E-state index contributed by atoms with van der Waals surface area (Å²) in [4.78, 5) is 4.56. The maximum absolute atomic E-state index is 13.5. The fourth-order valence-corrected chi connectivity index (χ4v) is 5.62. The second kappa shape index (κ2) is 9.62. The van der Waals surface area contributed by atoms with Crippen molar-refractivity contribution in [1.82, 2.24) is 4.98 Å². The van der Waals surface area contributed by atoms with Gasteiger partial charge in [-0.25, -0.2) is 4.39 Å². The van der Waals surface area contributed by atoms with Gasteiger partial charge in [0.15, 0.2) is 5.79 Å². The third-order valence-electron chi connectivity index (χ3n) is 7.19. The lowest BCUT2D eigenvalue weighted by atomic mass is 9.71. The van der Waals surface area contributed by atoms with E-state index in [1.807, 2.05) is 24.3 Å². The Morgan fingerprint density at radius 3 is 2.84 bits per heavy atom. The molecule has 3 nitrogen and oxygen atoms in total. The minimum Gasteiger partial charge on any atom is -0.365 e. The molecule has 2 aliphatic carbocycles. The van der Waals surface area contributed by atoms with E-state index in [4.69, 9.17) is 4.74 Å². The molecule has 0 saturated heterocycles. The van der Waals surface area contributed by atoms with Crippen LogP contribution in [0.2, 0.25) is 0 Å². The minimum atomic E-state index is -1.08. The van der Waals surface area contributed by atoms with Gasteiger partial charge in [-0.1, -0.05) is 57.4 Å². The molecule has 1 aromatic heterocycles. The van der Waals surface area contributed by atoms with Crippen LogP contribution >= 0.6 is 0 Å². The van der Waals surface area contributed by atoms with Gasteiger partial charge in [-0.2, -0.15) is 0 Å². The summed E-state index contributed by atoms with van der Waals surface area (Å²) < 4.78 is 19.6. The predicted molar refractivity (Wildman–Crippen MR) is 123 cm³/mol. The molecule has 4 heteroatoms. The number of rotatable bonds is 7. The normalized spacial score (nSPS) is 30.6. The monoisotopic (exact) mass is 423 g/mol. The number of pyridine rings is 1. The number of aliphatic hydroxyl groups is 1. The van der Waals surface area contributed by atoms with E-state index < -0.39 is 5.79 Å². The molecule has 2 saturated carbocycles. The average molecular weight is 424 g/mol. The van der Waals surface area contributed by atoms with E-state index in [-0.39, 0.29) is 11.7 Å². The molecule has 2 fully saturated rings. The molecule has 1 N–H and O–H groups in total. The predicted octanol–water partition coefficient (Wildman–Crippen LogP) is 6.48. The molecule has 0 radical (unpaired) electrons. The molecule has 0 bridgehead atoms. The van der Waals surface area contributed by atoms with Gasteiger partial charge >= 0.3 is 0 Å². The molecule has 31 heavy (non-hydrogen) atoms. The lowest BCUT2D eigenvalue weighted by Crippen LogP contribution is -2.39. The van der Waals surface area contributed by atoms with Crippen LogP contribution in [-0.2, 0) is 4.74 Å². The van der Waals surface area contributed by atoms with Crippen molar-refractivity contribution in [2.75, 3.05) is 6.61 Å². The van der Waals surface area contributed by atoms with Gasteiger partial charge in [-0.3, -0.25) is 4.98 Å². The molecule has 166 valence electrons. The van der Waals surface area contributed by atoms with Crippen molar-refractivity contribution in [3.8, 4) is 11.1 Å². The summed E-state index contributed by atoms with van der Waals surface area (Å²) in [6.45, 7) is 5.06. The standard InChI is InChI=1S/C27H34FNO2/c1-3-4-15-31-27(30)17-21-9-5-7-19(2)26(21)25(27)14-13-24-12-11-22(18-29-24)20-8-6-10-23(28)16-20/h6,8,10-14,16,18-19,21,25-26,30H,3-5,7,9,15,17H2,1-2H3/b14-13+. The molecule has 1 aromatic carbocycles. The summed E-state index contributed by atoms with van der Waals surface area (Å²) in [6.07, 6.45) is 12.3. The number of aromatic nitrogens is 1. The number of hydrogen-bond acceptors (Lipinski definition) is 3. The van der Waals surface area contributed by atoms with Crippen molar-refractivity contribution in [2.45, 2.75) is 58.2 Å². The Labute approximate surface area is 185 Å². The Kier molecular flexibility index (Phi) is 6.88. The van der Waals surface area contributed by atoms with E-state index in [0.29, 0.717) is 24.4 Å². The van der Waals surface area contributed by atoms with Crippen LogP contribution in [0.3, 0.4) is 0 Å². The van der Waals surface area contributed by atoms with Crippen molar-refractivity contribution in [3.05, 3.63) is 60.2 Å². The van der Waals surface area contributed by atoms with Crippen LogP contribution in [0.4, 0.5) is 4.39 Å². The summed E-state index contributed by atoms with van der Waals surface area (Å²) in [6, 6.07) is 10.5. The first-order valence-electron chi connectivity index (χ1n) is 11.8. The molecular weight excluding hydrogens is 389 g/mol. The van der Waals surface area contributed by atoms with Crippen LogP contribution in [0, 0.1) is 29.5 Å². The van der Waals surface area contributed by atoms with E-state index in [0.717, 1.165) is 36.1 Å². The highest BCUT2D eigenvalue weighted by atomic mass is 19.1. The van der Waals surface area contributed by atoms with Crippen molar-refractivity contribution in [2.24, 2.45) is 23.7 Å². The number of halogens is 1. The number of unbranched alkanes of at least 4 members (excludes halogenated alkanes) is 1. The number of benzene rings is 1. The number of ether oxygens (including phenoxy) is 1. The van der Waals surface area contributed by atoms with Crippen LogP contribution in [-0.4, -0.2) is 22.5 Å². The van der Waals surface area contributed by atoms with Crippen LogP contribution < -0.4 is 0 Å². The van der Waals surface area contributed by atoms with E-state index in [1.165, 1.54) is 31.4 Å². The van der Waals surface area contributed by atoms with Crippen molar-refractivity contribution in [3.63, 3.8) is 0 Å². The Morgan fingerprint density at radius 1 is 1.23 bits per heavy atom. The third kappa shape index (κ3) is 4.91. The molecule has 1 heterocycles. The summed E-state index contributed by atoms with van der Waals surface area (Å²) in [5.41, 5.74) is 2.54. The molecule has 0 aliphatic heterocycles. The zero-order valence-electron chi connectivity index (χ0n) is 18.6. The number of hydrogen-bond donors (Lipinski definition) is 1. The number of nitrogens with zero attached hydrogens (tertiary/aromatic N) is 1. The van der Waals surface area contributed by atoms with Gasteiger partial charge in [-0.15, -0.1) is 0 Å². The molecule has 0 spiro atoms. The summed E-state index contributed by atoms with van der Waals surface area (Å²) >= 11 is 0. The topological polar surface area (TPSA) is 42.4 Å². The zero-order chi connectivity index (χ0) is 21.8. The van der Waals surface area contributed by atoms with Gasteiger partial charge in [0.25, 0.3) is 0 Å². The highest BCUT2D eigenvalue weighted by Gasteiger charge is 2.54. The molecule has 5 atom stereocenters. The zero-order valence-corrected chi connectivity index (χ0v) is 18.6. The number of fused-ring (bicyclic) bond motifs is 1. The fraction of sp³-hybridized carbons (Fsp3) is 0.519. The second-order valence-electron chi connectivity index (χ2n) is 9.36. The molecule has 0 amide bonds. The summed E-state index contributed by atoms with van der Waals surface area (Å²) in [5, 5.41) is 11.5. The quantitative estimate of drug-likeness (QED) is 0.409. The van der Waals surface area contributed by atoms with Gasteiger partial charge in [0.1, 0.15) is 5.82 Å². The SMILES string of the molecule is CCCCOC1(O)CC2CCCC(C)C2C1/C=C/c1ccc(-c2cccc(F)c2)cn1. The van der Waals surface area contributed by atoms with Crippen molar-refractivity contribution < 1.29 is 14.2 Å². The van der Waals surface area contributed by atoms with Crippen LogP contribution in [0.1, 0.15) is 58.1 Å². The van der Waals surface area contributed by atoms with Gasteiger partial charge in [0.2, 0.25) is 0 Å². The van der Waals surface area contributed by atoms with Crippen LogP contribution in [0.25, 0.3) is 17.2 Å². The average Bonchev–Trinajstić information content (AvgIpc) is 3.05. The van der Waals surface area contributed by atoms with Gasteiger partial charge in [0.05, 0.1) is 12.3 Å². The second-order valence-corrected chi connectivity index (χ2v) is 9.36. The van der Waals surface area contributed by atoms with Crippen LogP contribution in [0.5, 0.6) is 0 Å². The van der Waals surface area contributed by atoms with Gasteiger partial charge < -0.3 is 9.84 Å². The molecule has 4 rings (SSSR count). The minimum absolute atomic E-state index is 0.0191. The van der Waals surface area contributed by atoms with Crippen molar-refractivity contribution in [1.29, 1.82) is 0 Å². The first-order chi connectivity index (χ1) is 15.0. The first kappa shape index (κ1) is 22.2. The Balaban J connectivity index is 1.54. The third-order valence-corrected chi connectivity index (χ3v) is 7.19. The lowest BCUT2D eigenvalue weighted by molar-refractivity contribution is -0.221. The summed E-state index contributed by atoms with van der Waals surface area (Å²) in [7, 11) is 0. The first-order valence-corrected chi connectivity index (χ1v) is 11.8. The molecule has 2 aromatic rings. The Hall–Kier alpha value is -2.04. The molecule has 5 unspecified atom stereocenters.